The van der Waals surface area contributed by atoms with Crippen LogP contribution in [0.3, 0.4) is 0 Å². The van der Waals surface area contributed by atoms with Crippen LogP contribution in [0, 0.1) is 0 Å². The van der Waals surface area contributed by atoms with Gasteiger partial charge in [-0.15, -0.1) is 6.58 Å². The molecule has 1 atom stereocenters. The Morgan fingerprint density at radius 3 is 3.21 bits per heavy atom. The van der Waals surface area contributed by atoms with E-state index in [4.69, 9.17) is 5.11 Å². The second kappa shape index (κ2) is 5.57. The molecule has 1 rings (SSSR count). The summed E-state index contributed by atoms with van der Waals surface area (Å²) in [5.41, 5.74) is 1.12. The van der Waals surface area contributed by atoms with E-state index in [2.05, 4.69) is 17.0 Å². The maximum Gasteiger partial charge on any atom is 0.0640 e. The van der Waals surface area contributed by atoms with Crippen molar-refractivity contribution >= 4 is 0 Å². The van der Waals surface area contributed by atoms with E-state index in [-0.39, 0.29) is 6.61 Å². The molecule has 0 aromatic carbocycles. The number of nitrogens with zero attached hydrogens (tertiary/aromatic N) is 2. The van der Waals surface area contributed by atoms with E-state index in [9.17, 15) is 0 Å². The first kappa shape index (κ1) is 10.9. The molecular formula is C10H17N3O. The van der Waals surface area contributed by atoms with Crippen LogP contribution in [0.25, 0.3) is 0 Å². The highest BCUT2D eigenvalue weighted by Gasteiger charge is 1.99. The topological polar surface area (TPSA) is 50.1 Å². The van der Waals surface area contributed by atoms with Crippen LogP contribution in [0.15, 0.2) is 25.0 Å². The fraction of sp³-hybridized carbons (Fsp3) is 0.500. The number of hydrogen-bond donors (Lipinski definition) is 2. The third-order valence-electron chi connectivity index (χ3n) is 2.00. The molecule has 0 saturated carbocycles. The molecule has 0 aliphatic carbocycles. The zero-order valence-corrected chi connectivity index (χ0v) is 8.48. The van der Waals surface area contributed by atoms with Crippen molar-refractivity contribution in [3.8, 4) is 0 Å². The smallest absolute Gasteiger partial charge is 0.0640 e. The Labute approximate surface area is 84.2 Å². The Hall–Kier alpha value is -1.13. The van der Waals surface area contributed by atoms with Gasteiger partial charge in [-0.2, -0.15) is 5.10 Å². The van der Waals surface area contributed by atoms with E-state index in [0.29, 0.717) is 12.6 Å². The van der Waals surface area contributed by atoms with Crippen molar-refractivity contribution in [2.75, 3.05) is 6.61 Å². The molecule has 0 saturated heterocycles. The quantitative estimate of drug-likeness (QED) is 0.651. The van der Waals surface area contributed by atoms with Crippen molar-refractivity contribution in [1.29, 1.82) is 0 Å². The summed E-state index contributed by atoms with van der Waals surface area (Å²) in [7, 11) is 0. The van der Waals surface area contributed by atoms with E-state index in [1.54, 1.807) is 10.9 Å². The molecule has 4 nitrogen and oxygen atoms in total. The predicted molar refractivity (Wildman–Crippen MR) is 55.8 cm³/mol. The van der Waals surface area contributed by atoms with Gasteiger partial charge in [-0.05, 0) is 6.92 Å². The maximum absolute atomic E-state index is 8.70. The Bertz CT molecular complexity index is 283. The molecule has 0 spiro atoms. The number of rotatable bonds is 6. The molecule has 2 N–H and O–H groups in total. The lowest BCUT2D eigenvalue weighted by atomic mass is 10.3. The third kappa shape index (κ3) is 3.32. The predicted octanol–water partition coefficient (Wildman–Crippen LogP) is 0.539. The number of aromatic nitrogens is 2. The van der Waals surface area contributed by atoms with Gasteiger partial charge in [0.05, 0.1) is 19.3 Å². The Balaban J connectivity index is 2.39. The summed E-state index contributed by atoms with van der Waals surface area (Å²) in [5.74, 6) is 0. The number of aliphatic hydroxyl groups is 1. The van der Waals surface area contributed by atoms with Crippen LogP contribution in [0.1, 0.15) is 12.5 Å². The Kier molecular flexibility index (Phi) is 4.35. The van der Waals surface area contributed by atoms with Crippen molar-refractivity contribution in [3.63, 3.8) is 0 Å². The molecule has 4 heteroatoms. The average Bonchev–Trinajstić information content (AvgIpc) is 2.63. The van der Waals surface area contributed by atoms with Crippen LogP contribution in [0.4, 0.5) is 0 Å². The zero-order chi connectivity index (χ0) is 10.4. The highest BCUT2D eigenvalue weighted by atomic mass is 16.3. The van der Waals surface area contributed by atoms with Crippen LogP contribution in [0.5, 0.6) is 0 Å². The monoisotopic (exact) mass is 195 g/mol. The van der Waals surface area contributed by atoms with Crippen LogP contribution in [-0.4, -0.2) is 27.5 Å². The lowest BCUT2D eigenvalue weighted by Crippen LogP contribution is -2.22. The zero-order valence-electron chi connectivity index (χ0n) is 8.48. The maximum atomic E-state index is 8.70. The summed E-state index contributed by atoms with van der Waals surface area (Å²) in [6.07, 6.45) is 5.59. The molecule has 0 amide bonds. The number of hydrogen-bond acceptors (Lipinski definition) is 3. The number of aliphatic hydroxyl groups excluding tert-OH is 1. The second-order valence-electron chi connectivity index (χ2n) is 3.24. The summed E-state index contributed by atoms with van der Waals surface area (Å²) >= 11 is 0. The lowest BCUT2D eigenvalue weighted by Gasteiger charge is -2.06. The van der Waals surface area contributed by atoms with E-state index < -0.39 is 0 Å². The van der Waals surface area contributed by atoms with Crippen molar-refractivity contribution in [2.45, 2.75) is 26.1 Å². The summed E-state index contributed by atoms with van der Waals surface area (Å²) in [5, 5.41) is 16.1. The molecule has 1 aromatic heterocycles. The minimum atomic E-state index is 0.123. The average molecular weight is 195 g/mol. The van der Waals surface area contributed by atoms with Gasteiger partial charge in [0.2, 0.25) is 0 Å². The van der Waals surface area contributed by atoms with Crippen molar-refractivity contribution in [3.05, 3.63) is 30.6 Å². The second-order valence-corrected chi connectivity index (χ2v) is 3.24. The van der Waals surface area contributed by atoms with Crippen molar-refractivity contribution < 1.29 is 5.11 Å². The Morgan fingerprint density at radius 2 is 2.57 bits per heavy atom. The molecule has 1 heterocycles. The molecule has 0 aliphatic heterocycles. The SMILES string of the molecule is C=CC(C)NCc1cnn(CCO)c1. The van der Waals surface area contributed by atoms with Gasteiger partial charge in [-0.3, -0.25) is 4.68 Å². The van der Waals surface area contributed by atoms with Gasteiger partial charge in [-0.1, -0.05) is 6.08 Å². The first-order valence-electron chi connectivity index (χ1n) is 4.74. The summed E-state index contributed by atoms with van der Waals surface area (Å²) in [4.78, 5) is 0. The van der Waals surface area contributed by atoms with Gasteiger partial charge in [0, 0.05) is 24.3 Å². The molecule has 0 fully saturated rings. The van der Waals surface area contributed by atoms with Gasteiger partial charge in [0.25, 0.3) is 0 Å². The molecule has 0 radical (unpaired) electrons. The molecular weight excluding hydrogens is 178 g/mol. The number of nitrogens with one attached hydrogen (secondary N) is 1. The van der Waals surface area contributed by atoms with Crippen molar-refractivity contribution in [1.82, 2.24) is 15.1 Å². The molecule has 14 heavy (non-hydrogen) atoms. The minimum Gasteiger partial charge on any atom is -0.394 e. The van der Waals surface area contributed by atoms with Crippen LogP contribution < -0.4 is 5.32 Å². The standard InChI is InChI=1S/C10H17N3O/c1-3-9(2)11-6-10-7-12-13(8-10)4-5-14/h3,7-9,11,14H,1,4-6H2,2H3. The first-order valence-corrected chi connectivity index (χ1v) is 4.74. The van der Waals surface area contributed by atoms with E-state index in [1.807, 2.05) is 19.2 Å². The van der Waals surface area contributed by atoms with Crippen LogP contribution in [-0.2, 0) is 13.1 Å². The van der Waals surface area contributed by atoms with Crippen molar-refractivity contribution in [2.24, 2.45) is 0 Å². The lowest BCUT2D eigenvalue weighted by molar-refractivity contribution is 0.269. The van der Waals surface area contributed by atoms with Gasteiger partial charge >= 0.3 is 0 Å². The summed E-state index contributed by atoms with van der Waals surface area (Å²) in [6.45, 7) is 7.19. The van der Waals surface area contributed by atoms with Crippen LogP contribution >= 0.6 is 0 Å². The van der Waals surface area contributed by atoms with E-state index in [1.165, 1.54) is 0 Å². The molecule has 1 unspecified atom stereocenters. The third-order valence-corrected chi connectivity index (χ3v) is 2.00. The van der Waals surface area contributed by atoms with Gasteiger partial charge < -0.3 is 10.4 Å². The Morgan fingerprint density at radius 1 is 1.79 bits per heavy atom. The van der Waals surface area contributed by atoms with Gasteiger partial charge in [0.15, 0.2) is 0 Å². The normalized spacial score (nSPS) is 12.7. The molecule has 0 bridgehead atoms. The highest BCUT2D eigenvalue weighted by Crippen LogP contribution is 1.97. The van der Waals surface area contributed by atoms with Gasteiger partial charge in [-0.25, -0.2) is 0 Å². The fourth-order valence-electron chi connectivity index (χ4n) is 1.08. The first-order chi connectivity index (χ1) is 6.76. The van der Waals surface area contributed by atoms with E-state index >= 15 is 0 Å². The fourth-order valence-corrected chi connectivity index (χ4v) is 1.08. The molecule has 1 aromatic rings. The summed E-state index contributed by atoms with van der Waals surface area (Å²) in [6, 6.07) is 0.302. The minimum absolute atomic E-state index is 0.123. The molecule has 0 aliphatic rings. The van der Waals surface area contributed by atoms with Gasteiger partial charge in [0.1, 0.15) is 0 Å². The summed E-state index contributed by atoms with van der Waals surface area (Å²) < 4.78 is 1.73. The molecule has 78 valence electrons. The highest BCUT2D eigenvalue weighted by molar-refractivity contribution is 5.04. The largest absolute Gasteiger partial charge is 0.394 e. The van der Waals surface area contributed by atoms with E-state index in [0.717, 1.165) is 12.1 Å². The van der Waals surface area contributed by atoms with Crippen LogP contribution in [0.2, 0.25) is 0 Å².